The Labute approximate surface area is 126 Å². The largest absolute Gasteiger partial charge is 0.312 e. The molecule has 0 fully saturated rings. The summed E-state index contributed by atoms with van der Waals surface area (Å²) < 4.78 is 47.5. The van der Waals surface area contributed by atoms with E-state index in [1.165, 1.54) is 0 Å². The molecule has 1 N–H and O–H groups in total. The molecular formula is C14H21NO4S2. The van der Waals surface area contributed by atoms with Crippen LogP contribution in [0, 0.1) is 0 Å². The van der Waals surface area contributed by atoms with Gasteiger partial charge in [0, 0.05) is 12.3 Å². The predicted octanol–water partition coefficient (Wildman–Crippen LogP) is 0.721. The van der Waals surface area contributed by atoms with E-state index in [9.17, 15) is 16.8 Å². The second kappa shape index (κ2) is 6.06. The van der Waals surface area contributed by atoms with Gasteiger partial charge < -0.3 is 5.32 Å². The Kier molecular flexibility index (Phi) is 4.75. The fourth-order valence-corrected chi connectivity index (χ4v) is 6.49. The van der Waals surface area contributed by atoms with Crippen LogP contribution in [0.3, 0.4) is 0 Å². The quantitative estimate of drug-likeness (QED) is 0.860. The number of hydrogen-bond acceptors (Lipinski definition) is 5. The minimum Gasteiger partial charge on any atom is -0.312 e. The van der Waals surface area contributed by atoms with Crippen LogP contribution in [0.15, 0.2) is 24.3 Å². The van der Waals surface area contributed by atoms with Crippen LogP contribution >= 0.6 is 0 Å². The van der Waals surface area contributed by atoms with Crippen LogP contribution in [-0.4, -0.2) is 46.9 Å². The number of sulfone groups is 2. The summed E-state index contributed by atoms with van der Waals surface area (Å²) in [6.07, 6.45) is 2.29. The summed E-state index contributed by atoms with van der Waals surface area (Å²) in [5.74, 6) is -0.624. The maximum absolute atomic E-state index is 12.5. The van der Waals surface area contributed by atoms with Crippen LogP contribution in [0.1, 0.15) is 23.6 Å². The molecule has 1 aromatic rings. The number of benzene rings is 1. The molecule has 5 nitrogen and oxygen atoms in total. The smallest absolute Gasteiger partial charge is 0.156 e. The first-order valence-corrected chi connectivity index (χ1v) is 10.7. The normalized spacial score (nSPS) is 22.8. The molecule has 0 aliphatic heterocycles. The van der Waals surface area contributed by atoms with E-state index >= 15 is 0 Å². The summed E-state index contributed by atoms with van der Waals surface area (Å²) in [6.45, 7) is 0. The second-order valence-corrected chi connectivity index (χ2v) is 10.1. The summed E-state index contributed by atoms with van der Waals surface area (Å²) >= 11 is 0. The van der Waals surface area contributed by atoms with Gasteiger partial charge in [0.2, 0.25) is 0 Å². The van der Waals surface area contributed by atoms with E-state index in [4.69, 9.17) is 0 Å². The summed E-state index contributed by atoms with van der Waals surface area (Å²) in [6, 6.07) is 7.52. The van der Waals surface area contributed by atoms with Crippen LogP contribution in [0.25, 0.3) is 0 Å². The molecular weight excluding hydrogens is 310 g/mol. The third kappa shape index (κ3) is 3.84. The maximum Gasteiger partial charge on any atom is 0.156 e. The molecule has 1 aliphatic rings. The van der Waals surface area contributed by atoms with Gasteiger partial charge >= 0.3 is 0 Å². The Balaban J connectivity index is 2.28. The first-order valence-electron chi connectivity index (χ1n) is 6.89. The lowest BCUT2D eigenvalue weighted by molar-refractivity contribution is 0.476. The number of hydrogen-bond donors (Lipinski definition) is 1. The topological polar surface area (TPSA) is 80.3 Å². The molecule has 2 unspecified atom stereocenters. The zero-order valence-electron chi connectivity index (χ0n) is 12.2. The van der Waals surface area contributed by atoms with E-state index in [2.05, 4.69) is 5.32 Å². The molecule has 0 aromatic heterocycles. The Hall–Kier alpha value is -0.920. The van der Waals surface area contributed by atoms with Crippen molar-refractivity contribution < 1.29 is 16.8 Å². The van der Waals surface area contributed by atoms with Crippen molar-refractivity contribution in [3.63, 3.8) is 0 Å². The van der Waals surface area contributed by atoms with Crippen LogP contribution < -0.4 is 5.32 Å². The maximum atomic E-state index is 12.5. The van der Waals surface area contributed by atoms with E-state index < -0.39 is 24.9 Å². The first-order chi connectivity index (χ1) is 9.74. The van der Waals surface area contributed by atoms with Crippen LogP contribution in [0.2, 0.25) is 0 Å². The van der Waals surface area contributed by atoms with Gasteiger partial charge in [-0.05, 0) is 31.0 Å². The molecule has 0 spiro atoms. The standard InChI is InChI=1S/C14H21NO4S2/c1-15-14-12-6-4-3-5-11(12)7-8-13(14)21(18,19)10-9-20(2,16)17/h3-6,13-15H,7-10H2,1-2H3. The van der Waals surface area contributed by atoms with Gasteiger partial charge in [0.05, 0.1) is 16.8 Å². The molecule has 2 atom stereocenters. The fraction of sp³-hybridized carbons (Fsp3) is 0.571. The molecule has 1 aliphatic carbocycles. The van der Waals surface area contributed by atoms with E-state index in [1.54, 1.807) is 7.05 Å². The molecule has 0 saturated carbocycles. The first kappa shape index (κ1) is 16.5. The lowest BCUT2D eigenvalue weighted by Gasteiger charge is -2.33. The molecule has 2 rings (SSSR count). The molecule has 0 radical (unpaired) electrons. The molecule has 0 heterocycles. The lowest BCUT2D eigenvalue weighted by Crippen LogP contribution is -2.41. The van der Waals surface area contributed by atoms with Gasteiger partial charge in [0.25, 0.3) is 0 Å². The van der Waals surface area contributed by atoms with Crippen molar-refractivity contribution in [3.05, 3.63) is 35.4 Å². The highest BCUT2D eigenvalue weighted by atomic mass is 32.2. The highest BCUT2D eigenvalue weighted by molar-refractivity contribution is 7.95. The molecule has 7 heteroatoms. The Bertz CT molecular complexity index is 710. The van der Waals surface area contributed by atoms with Crippen molar-refractivity contribution in [2.75, 3.05) is 24.8 Å². The predicted molar refractivity (Wildman–Crippen MR) is 83.8 cm³/mol. The fourth-order valence-electron chi connectivity index (χ4n) is 2.88. The Morgan fingerprint density at radius 2 is 1.81 bits per heavy atom. The van der Waals surface area contributed by atoms with Crippen molar-refractivity contribution in [1.82, 2.24) is 5.32 Å². The van der Waals surface area contributed by atoms with Gasteiger partial charge in [-0.15, -0.1) is 0 Å². The van der Waals surface area contributed by atoms with Gasteiger partial charge in [-0.3, -0.25) is 0 Å². The number of aryl methyl sites for hydroxylation is 1. The monoisotopic (exact) mass is 331 g/mol. The van der Waals surface area contributed by atoms with E-state index in [0.717, 1.165) is 17.4 Å². The number of rotatable bonds is 5. The zero-order chi connectivity index (χ0) is 15.7. The van der Waals surface area contributed by atoms with E-state index in [0.29, 0.717) is 12.8 Å². The minimum absolute atomic E-state index is 0.278. The summed E-state index contributed by atoms with van der Waals surface area (Å²) in [5.41, 5.74) is 2.16. The summed E-state index contributed by atoms with van der Waals surface area (Å²) in [5, 5.41) is 2.51. The summed E-state index contributed by atoms with van der Waals surface area (Å²) in [4.78, 5) is 0. The SMILES string of the molecule is CNC1c2ccccc2CCC1S(=O)(=O)CCS(C)(=O)=O. The van der Waals surface area contributed by atoms with Gasteiger partial charge in [0.1, 0.15) is 9.84 Å². The second-order valence-electron chi connectivity index (χ2n) is 5.54. The van der Waals surface area contributed by atoms with Crippen LogP contribution in [0.5, 0.6) is 0 Å². The third-order valence-corrected chi connectivity index (χ3v) is 7.38. The number of nitrogens with one attached hydrogen (secondary N) is 1. The van der Waals surface area contributed by atoms with Crippen molar-refractivity contribution in [2.24, 2.45) is 0 Å². The van der Waals surface area contributed by atoms with Crippen molar-refractivity contribution in [3.8, 4) is 0 Å². The van der Waals surface area contributed by atoms with Crippen molar-refractivity contribution >= 4 is 19.7 Å². The van der Waals surface area contributed by atoms with E-state index in [-0.39, 0.29) is 17.5 Å². The van der Waals surface area contributed by atoms with Gasteiger partial charge in [-0.1, -0.05) is 24.3 Å². The minimum atomic E-state index is -3.46. The molecule has 21 heavy (non-hydrogen) atoms. The van der Waals surface area contributed by atoms with Gasteiger partial charge in [0.15, 0.2) is 9.84 Å². The van der Waals surface area contributed by atoms with Crippen LogP contribution in [-0.2, 0) is 26.1 Å². The number of fused-ring (bicyclic) bond motifs is 1. The highest BCUT2D eigenvalue weighted by Crippen LogP contribution is 2.34. The van der Waals surface area contributed by atoms with Crippen LogP contribution in [0.4, 0.5) is 0 Å². The molecule has 1 aromatic carbocycles. The zero-order valence-corrected chi connectivity index (χ0v) is 13.9. The van der Waals surface area contributed by atoms with Gasteiger partial charge in [-0.2, -0.15) is 0 Å². The average molecular weight is 331 g/mol. The van der Waals surface area contributed by atoms with Gasteiger partial charge in [-0.25, -0.2) is 16.8 Å². The lowest BCUT2D eigenvalue weighted by atomic mass is 9.87. The summed E-state index contributed by atoms with van der Waals surface area (Å²) in [7, 11) is -5.00. The molecule has 0 amide bonds. The highest BCUT2D eigenvalue weighted by Gasteiger charge is 2.37. The Morgan fingerprint density at radius 1 is 1.14 bits per heavy atom. The van der Waals surface area contributed by atoms with Crippen molar-refractivity contribution in [2.45, 2.75) is 24.1 Å². The molecule has 0 saturated heterocycles. The van der Waals surface area contributed by atoms with E-state index in [1.807, 2.05) is 24.3 Å². The molecule has 0 bridgehead atoms. The van der Waals surface area contributed by atoms with Crippen molar-refractivity contribution in [1.29, 1.82) is 0 Å². The third-order valence-electron chi connectivity index (χ3n) is 3.97. The Morgan fingerprint density at radius 3 is 2.43 bits per heavy atom. The molecule has 118 valence electrons. The average Bonchev–Trinajstić information content (AvgIpc) is 2.43.